The summed E-state index contributed by atoms with van der Waals surface area (Å²) in [4.78, 5) is 35.6. The first-order valence-electron chi connectivity index (χ1n) is 10.9. The highest BCUT2D eigenvalue weighted by molar-refractivity contribution is 7.95. The van der Waals surface area contributed by atoms with Crippen LogP contribution in [0, 0.1) is 0 Å². The lowest BCUT2D eigenvalue weighted by Gasteiger charge is -2.35. The Kier molecular flexibility index (Phi) is 5.73. The zero-order valence-electron chi connectivity index (χ0n) is 18.3. The van der Waals surface area contributed by atoms with E-state index in [1.54, 1.807) is 18.3 Å². The van der Waals surface area contributed by atoms with Gasteiger partial charge in [0, 0.05) is 31.4 Å². The summed E-state index contributed by atoms with van der Waals surface area (Å²) in [6.07, 6.45) is -1.52. The van der Waals surface area contributed by atoms with Gasteiger partial charge in [-0.1, -0.05) is 10.3 Å². The van der Waals surface area contributed by atoms with Crippen LogP contribution in [-0.2, 0) is 20.8 Å². The predicted molar refractivity (Wildman–Crippen MR) is 118 cm³/mol. The van der Waals surface area contributed by atoms with Crippen molar-refractivity contribution in [2.45, 2.75) is 30.0 Å². The van der Waals surface area contributed by atoms with Crippen LogP contribution in [0.3, 0.4) is 0 Å². The second-order valence-electron chi connectivity index (χ2n) is 8.43. The van der Waals surface area contributed by atoms with Crippen LogP contribution < -0.4 is 5.56 Å². The number of carbonyl (C=O) groups excluding carboxylic acids is 1. The fourth-order valence-electron chi connectivity index (χ4n) is 4.11. The van der Waals surface area contributed by atoms with E-state index in [4.69, 9.17) is 0 Å². The van der Waals surface area contributed by atoms with Gasteiger partial charge in [-0.15, -0.1) is 4.31 Å². The minimum Gasteiger partial charge on any atom is -0.593 e. The molecule has 2 fully saturated rings. The molecule has 1 unspecified atom stereocenters. The third-order valence-electron chi connectivity index (χ3n) is 6.09. The Labute approximate surface area is 198 Å². The molecule has 1 aliphatic heterocycles. The topological polar surface area (TPSA) is 111 Å². The Hall–Kier alpha value is -3.16. The Morgan fingerprint density at radius 1 is 1.09 bits per heavy atom. The first-order valence-corrected chi connectivity index (χ1v) is 12.4. The maximum absolute atomic E-state index is 13.2. The summed E-state index contributed by atoms with van der Waals surface area (Å²) < 4.78 is 67.4. The molecule has 3 heterocycles. The monoisotopic (exact) mass is 507 g/mol. The Balaban J connectivity index is 1.36. The van der Waals surface area contributed by atoms with Crippen LogP contribution in [0.5, 0.6) is 0 Å². The van der Waals surface area contributed by atoms with E-state index in [-0.39, 0.29) is 37.9 Å². The van der Waals surface area contributed by atoms with Crippen molar-refractivity contribution < 1.29 is 26.7 Å². The molecular formula is C22H20F3N5O4S. The highest BCUT2D eigenvalue weighted by Gasteiger charge is 2.38. The minimum atomic E-state index is -4.67. The number of aromatic nitrogens is 3. The van der Waals surface area contributed by atoms with E-state index in [1.807, 2.05) is 0 Å². The zero-order valence-corrected chi connectivity index (χ0v) is 19.1. The normalized spacial score (nSPS) is 19.0. The van der Waals surface area contributed by atoms with Crippen molar-refractivity contribution >= 4 is 27.5 Å². The molecule has 1 saturated carbocycles. The van der Waals surface area contributed by atoms with E-state index in [0.29, 0.717) is 17.2 Å². The van der Waals surface area contributed by atoms with Gasteiger partial charge in [-0.05, 0) is 37.1 Å². The standard InChI is InChI=1S/C22H20F3N5O4S/c23-22(24,25)14-3-1-4-16(13-14)35(33,34)29-11-9-28(10-12-29)20(31)18-21(32)30(15-6-7-15)19-17(27-18)5-2-8-26-19/h1-5,8,13,15H,6-7,9-12H2. The van der Waals surface area contributed by atoms with Crippen molar-refractivity contribution in [1.29, 1.82) is 0 Å². The van der Waals surface area contributed by atoms with E-state index in [1.165, 1.54) is 9.47 Å². The highest BCUT2D eigenvalue weighted by Crippen LogP contribution is 2.35. The molecule has 9 nitrogen and oxygen atoms in total. The van der Waals surface area contributed by atoms with Gasteiger partial charge in [-0.25, -0.2) is 9.97 Å². The summed E-state index contributed by atoms with van der Waals surface area (Å²) in [7, 11) is -4.20. The zero-order chi connectivity index (χ0) is 25.0. The number of alkyl halides is 3. The van der Waals surface area contributed by atoms with Crippen molar-refractivity contribution in [2.75, 3.05) is 26.2 Å². The van der Waals surface area contributed by atoms with Crippen molar-refractivity contribution in [3.8, 4) is 0 Å². The Morgan fingerprint density at radius 3 is 2.46 bits per heavy atom. The molecule has 35 heavy (non-hydrogen) atoms. The number of halogens is 3. The molecule has 0 spiro atoms. The summed E-state index contributed by atoms with van der Waals surface area (Å²) in [6.45, 7) is -0.328. The number of benzene rings is 1. The number of amides is 1. The SMILES string of the molecule is O=C(c1nc2cccnc2n(C2CC2)c1=O)N1CCN([S+](=O)([O-])c2cccc(C(F)(F)F)c2)CC1. The number of fused-ring (bicyclic) bond motifs is 1. The summed E-state index contributed by atoms with van der Waals surface area (Å²) in [5, 5.41) is 0. The summed E-state index contributed by atoms with van der Waals surface area (Å²) in [6, 6.07) is 6.83. The van der Waals surface area contributed by atoms with Crippen LogP contribution in [0.1, 0.15) is 34.9 Å². The molecule has 0 bridgehead atoms. The molecule has 184 valence electrons. The fraction of sp³-hybridized carbons (Fsp3) is 0.364. The lowest BCUT2D eigenvalue weighted by molar-refractivity contribution is -0.137. The maximum Gasteiger partial charge on any atom is 0.416 e. The molecule has 1 saturated heterocycles. The Morgan fingerprint density at radius 2 is 1.80 bits per heavy atom. The van der Waals surface area contributed by atoms with Crippen LogP contribution in [0.4, 0.5) is 13.2 Å². The average Bonchev–Trinajstić information content (AvgIpc) is 3.68. The van der Waals surface area contributed by atoms with E-state index in [9.17, 15) is 31.5 Å². The smallest absolute Gasteiger partial charge is 0.416 e. The second-order valence-corrected chi connectivity index (χ2v) is 10.4. The van der Waals surface area contributed by atoms with Gasteiger partial charge in [0.2, 0.25) is 0 Å². The van der Waals surface area contributed by atoms with Gasteiger partial charge >= 0.3 is 6.18 Å². The van der Waals surface area contributed by atoms with Gasteiger partial charge < -0.3 is 9.45 Å². The molecule has 1 aliphatic carbocycles. The number of nitrogens with zero attached hydrogens (tertiary/aromatic N) is 5. The molecule has 1 amide bonds. The molecule has 0 N–H and O–H groups in total. The molecule has 0 radical (unpaired) electrons. The van der Waals surface area contributed by atoms with Gasteiger partial charge in [0.15, 0.2) is 26.6 Å². The van der Waals surface area contributed by atoms with Crippen LogP contribution in [-0.4, -0.2) is 60.4 Å². The summed E-state index contributed by atoms with van der Waals surface area (Å²) >= 11 is 0. The number of rotatable bonds is 4. The van der Waals surface area contributed by atoms with Crippen LogP contribution >= 0.6 is 0 Å². The van der Waals surface area contributed by atoms with Crippen molar-refractivity contribution in [3.05, 3.63) is 64.2 Å². The van der Waals surface area contributed by atoms with E-state index >= 15 is 0 Å². The van der Waals surface area contributed by atoms with E-state index in [2.05, 4.69) is 9.97 Å². The van der Waals surface area contributed by atoms with Crippen molar-refractivity contribution in [1.82, 2.24) is 23.7 Å². The first kappa shape index (κ1) is 23.6. The molecule has 1 atom stereocenters. The highest BCUT2D eigenvalue weighted by atomic mass is 32.3. The number of carbonyl (C=O) groups is 1. The van der Waals surface area contributed by atoms with E-state index in [0.717, 1.165) is 35.3 Å². The Bertz CT molecular complexity index is 1410. The third-order valence-corrected chi connectivity index (χ3v) is 7.98. The number of hydrogen-bond donors (Lipinski definition) is 0. The summed E-state index contributed by atoms with van der Waals surface area (Å²) in [5.41, 5.74) is -1.04. The van der Waals surface area contributed by atoms with Gasteiger partial charge in [0.25, 0.3) is 11.5 Å². The number of piperazine rings is 1. The third kappa shape index (κ3) is 4.34. The van der Waals surface area contributed by atoms with Crippen LogP contribution in [0.2, 0.25) is 0 Å². The molecule has 3 aromatic rings. The van der Waals surface area contributed by atoms with Crippen LogP contribution in [0.25, 0.3) is 11.2 Å². The number of sulfonamides is 1. The fourth-order valence-corrected chi connectivity index (χ4v) is 5.58. The van der Waals surface area contributed by atoms with Gasteiger partial charge in [0.1, 0.15) is 5.52 Å². The van der Waals surface area contributed by atoms with Crippen molar-refractivity contribution in [3.63, 3.8) is 0 Å². The maximum atomic E-state index is 13.2. The van der Waals surface area contributed by atoms with Gasteiger partial charge in [-0.3, -0.25) is 14.2 Å². The second kappa shape index (κ2) is 8.50. The number of hydrogen-bond acceptors (Lipinski definition) is 6. The quantitative estimate of drug-likeness (QED) is 0.502. The largest absolute Gasteiger partial charge is 0.593 e. The molecule has 2 aromatic heterocycles. The van der Waals surface area contributed by atoms with E-state index < -0.39 is 38.5 Å². The molecule has 13 heteroatoms. The average molecular weight is 507 g/mol. The predicted octanol–water partition coefficient (Wildman–Crippen LogP) is 2.51. The van der Waals surface area contributed by atoms with Crippen molar-refractivity contribution in [2.24, 2.45) is 0 Å². The molecule has 2 aliphatic rings. The van der Waals surface area contributed by atoms with Gasteiger partial charge in [-0.2, -0.15) is 13.2 Å². The molecule has 5 rings (SSSR count). The molecule has 1 aromatic carbocycles. The van der Waals surface area contributed by atoms with Crippen LogP contribution in [0.15, 0.2) is 52.3 Å². The van der Waals surface area contributed by atoms with Gasteiger partial charge in [0.05, 0.1) is 18.7 Å². The lowest BCUT2D eigenvalue weighted by atomic mass is 10.2. The lowest BCUT2D eigenvalue weighted by Crippen LogP contribution is -2.53. The minimum absolute atomic E-state index is 0.0351. The number of pyridine rings is 1. The first-order chi connectivity index (χ1) is 16.6. The summed E-state index contributed by atoms with van der Waals surface area (Å²) in [5.74, 6) is -0.619. The molecular weight excluding hydrogens is 487 g/mol.